The minimum Gasteiger partial charge on any atom is -0.382 e. The molecule has 0 aliphatic carbocycles. The number of pyridine rings is 1. The van der Waals surface area contributed by atoms with Gasteiger partial charge in [-0.05, 0) is 32.0 Å². The molecule has 0 unspecified atom stereocenters. The van der Waals surface area contributed by atoms with Crippen LogP contribution < -0.4 is 11.1 Å². The summed E-state index contributed by atoms with van der Waals surface area (Å²) in [6, 6.07) is 5.07. The highest BCUT2D eigenvalue weighted by molar-refractivity contribution is 5.88. The number of halogens is 3. The largest absolute Gasteiger partial charge is 0.382 e. The molecular weight excluding hydrogens is 387 g/mol. The molecule has 0 aliphatic rings. The van der Waals surface area contributed by atoms with E-state index in [0.717, 1.165) is 4.68 Å². The van der Waals surface area contributed by atoms with Crippen LogP contribution >= 0.6 is 0 Å². The maximum atomic E-state index is 13.7. The Hall–Kier alpha value is -3.44. The van der Waals surface area contributed by atoms with Crippen molar-refractivity contribution in [3.05, 3.63) is 24.4 Å². The van der Waals surface area contributed by atoms with Gasteiger partial charge in [0.1, 0.15) is 23.2 Å². The molecule has 4 aromatic rings. The fourth-order valence-electron chi connectivity index (χ4n) is 2.88. The molecular formula is C17H18F3N9. The van der Waals surface area contributed by atoms with Crippen molar-refractivity contribution in [1.82, 2.24) is 34.6 Å². The van der Waals surface area contributed by atoms with Crippen molar-refractivity contribution in [2.45, 2.75) is 32.5 Å². The lowest BCUT2D eigenvalue weighted by atomic mass is 10.2. The van der Waals surface area contributed by atoms with E-state index >= 15 is 0 Å². The minimum atomic E-state index is -2.58. The SMILES string of the molecule is CC(C)(F)CNc1nc(N)c2c(-c3ccc4nnn(CC(F)F)c4n3)ccn2n1. The van der Waals surface area contributed by atoms with Crippen LogP contribution in [-0.2, 0) is 6.54 Å². The first-order valence-corrected chi connectivity index (χ1v) is 8.78. The average molecular weight is 405 g/mol. The van der Waals surface area contributed by atoms with Crippen LogP contribution in [0.15, 0.2) is 24.4 Å². The molecule has 4 aromatic heterocycles. The van der Waals surface area contributed by atoms with Gasteiger partial charge in [-0.15, -0.1) is 10.2 Å². The third-order valence-corrected chi connectivity index (χ3v) is 4.15. The first kappa shape index (κ1) is 18.9. The maximum absolute atomic E-state index is 13.7. The highest BCUT2D eigenvalue weighted by atomic mass is 19.3. The Labute approximate surface area is 162 Å². The molecule has 0 aromatic carbocycles. The van der Waals surface area contributed by atoms with Gasteiger partial charge in [0, 0.05) is 11.8 Å². The van der Waals surface area contributed by atoms with Crippen molar-refractivity contribution in [2.24, 2.45) is 0 Å². The summed E-state index contributed by atoms with van der Waals surface area (Å²) < 4.78 is 41.8. The summed E-state index contributed by atoms with van der Waals surface area (Å²) in [5.41, 5.74) is 6.91. The van der Waals surface area contributed by atoms with Crippen molar-refractivity contribution in [3.8, 4) is 11.3 Å². The number of fused-ring (bicyclic) bond motifs is 2. The van der Waals surface area contributed by atoms with Crippen LogP contribution in [0.4, 0.5) is 24.9 Å². The maximum Gasteiger partial charge on any atom is 0.258 e. The number of rotatable bonds is 6. The van der Waals surface area contributed by atoms with Gasteiger partial charge in [0.2, 0.25) is 5.95 Å². The Morgan fingerprint density at radius 2 is 2.00 bits per heavy atom. The van der Waals surface area contributed by atoms with Crippen molar-refractivity contribution in [2.75, 3.05) is 17.6 Å². The molecule has 0 spiro atoms. The fraction of sp³-hybridized carbons (Fsp3) is 0.353. The Morgan fingerprint density at radius 3 is 2.72 bits per heavy atom. The number of nitrogens with one attached hydrogen (secondary N) is 1. The topological polar surface area (TPSA) is 112 Å². The van der Waals surface area contributed by atoms with E-state index in [4.69, 9.17) is 5.73 Å². The average Bonchev–Trinajstić information content (AvgIpc) is 3.23. The second-order valence-corrected chi connectivity index (χ2v) is 7.12. The van der Waals surface area contributed by atoms with Crippen molar-refractivity contribution >= 4 is 28.4 Å². The van der Waals surface area contributed by atoms with E-state index in [2.05, 4.69) is 30.7 Å². The van der Waals surface area contributed by atoms with Gasteiger partial charge in [-0.1, -0.05) is 5.21 Å². The molecule has 0 amide bonds. The number of nitrogens with two attached hydrogens (primary N) is 1. The van der Waals surface area contributed by atoms with Crippen LogP contribution in [0.2, 0.25) is 0 Å². The van der Waals surface area contributed by atoms with E-state index in [-0.39, 0.29) is 24.0 Å². The molecule has 4 rings (SSSR count). The van der Waals surface area contributed by atoms with E-state index in [1.807, 2.05) is 0 Å². The van der Waals surface area contributed by atoms with Gasteiger partial charge in [-0.2, -0.15) is 4.98 Å². The lowest BCUT2D eigenvalue weighted by Gasteiger charge is -2.15. The number of anilines is 2. The molecule has 152 valence electrons. The Bertz CT molecular complexity index is 1180. The zero-order valence-electron chi connectivity index (χ0n) is 15.6. The molecule has 0 aliphatic heterocycles. The fourth-order valence-corrected chi connectivity index (χ4v) is 2.88. The lowest BCUT2D eigenvalue weighted by Crippen LogP contribution is -2.25. The first-order chi connectivity index (χ1) is 13.7. The molecule has 9 nitrogen and oxygen atoms in total. The highest BCUT2D eigenvalue weighted by Gasteiger charge is 2.18. The van der Waals surface area contributed by atoms with E-state index in [1.54, 1.807) is 24.4 Å². The predicted octanol–water partition coefficient (Wildman–Crippen LogP) is 2.54. The molecule has 0 saturated heterocycles. The molecule has 12 heteroatoms. The molecule has 0 fully saturated rings. The second-order valence-electron chi connectivity index (χ2n) is 7.12. The van der Waals surface area contributed by atoms with Gasteiger partial charge < -0.3 is 11.1 Å². The lowest BCUT2D eigenvalue weighted by molar-refractivity contribution is 0.122. The Morgan fingerprint density at radius 1 is 1.21 bits per heavy atom. The number of hydrogen-bond donors (Lipinski definition) is 2. The standard InChI is InChI=1S/C17H18F3N9/c1-17(2,20)8-22-16-24-14(21)13-9(5-6-28(13)26-16)10-3-4-11-15(23-10)29(27-25-11)7-12(18)19/h3-6,12H,7-8H2,1-2H3,(H3,21,22,24,26). The van der Waals surface area contributed by atoms with Gasteiger partial charge in [-0.3, -0.25) is 0 Å². The van der Waals surface area contributed by atoms with E-state index in [9.17, 15) is 13.2 Å². The van der Waals surface area contributed by atoms with E-state index in [0.29, 0.717) is 22.3 Å². The first-order valence-electron chi connectivity index (χ1n) is 8.78. The molecule has 4 heterocycles. The number of hydrogen-bond acceptors (Lipinski definition) is 7. The van der Waals surface area contributed by atoms with Crippen LogP contribution in [-0.4, -0.2) is 53.2 Å². The smallest absolute Gasteiger partial charge is 0.258 e. The molecule has 0 atom stereocenters. The summed E-state index contributed by atoms with van der Waals surface area (Å²) in [5.74, 6) is 0.353. The quantitative estimate of drug-likeness (QED) is 0.507. The van der Waals surface area contributed by atoms with Gasteiger partial charge >= 0.3 is 0 Å². The van der Waals surface area contributed by atoms with Crippen molar-refractivity contribution in [1.29, 1.82) is 0 Å². The summed E-state index contributed by atoms with van der Waals surface area (Å²) in [7, 11) is 0. The number of aromatic nitrogens is 7. The molecule has 29 heavy (non-hydrogen) atoms. The second kappa shape index (κ2) is 6.87. The summed E-state index contributed by atoms with van der Waals surface area (Å²) in [4.78, 5) is 8.61. The zero-order valence-corrected chi connectivity index (χ0v) is 15.6. The summed E-state index contributed by atoms with van der Waals surface area (Å²) in [5, 5.41) is 14.7. The van der Waals surface area contributed by atoms with E-state index in [1.165, 1.54) is 18.4 Å². The van der Waals surface area contributed by atoms with Gasteiger partial charge in [-0.25, -0.2) is 27.4 Å². The normalized spacial score (nSPS) is 12.3. The number of nitrogens with zero attached hydrogens (tertiary/aromatic N) is 7. The monoisotopic (exact) mass is 405 g/mol. The molecule has 0 radical (unpaired) electrons. The number of nitrogen functional groups attached to an aromatic ring is 1. The highest BCUT2D eigenvalue weighted by Crippen LogP contribution is 2.29. The number of alkyl halides is 3. The van der Waals surface area contributed by atoms with Crippen LogP contribution in [0, 0.1) is 0 Å². The van der Waals surface area contributed by atoms with Crippen molar-refractivity contribution in [3.63, 3.8) is 0 Å². The van der Waals surface area contributed by atoms with Crippen LogP contribution in [0.1, 0.15) is 13.8 Å². The Kier molecular flexibility index (Phi) is 4.47. The summed E-state index contributed by atoms with van der Waals surface area (Å²) in [6.07, 6.45) is -0.917. The van der Waals surface area contributed by atoms with Gasteiger partial charge in [0.15, 0.2) is 11.5 Å². The molecule has 0 saturated carbocycles. The van der Waals surface area contributed by atoms with Crippen molar-refractivity contribution < 1.29 is 13.2 Å². The molecule has 3 N–H and O–H groups in total. The van der Waals surface area contributed by atoms with Crippen LogP contribution in [0.25, 0.3) is 27.9 Å². The predicted molar refractivity (Wildman–Crippen MR) is 101 cm³/mol. The van der Waals surface area contributed by atoms with E-state index < -0.39 is 18.6 Å². The van der Waals surface area contributed by atoms with Crippen LogP contribution in [0.5, 0.6) is 0 Å². The van der Waals surface area contributed by atoms with Gasteiger partial charge in [0.25, 0.3) is 6.43 Å². The Balaban J connectivity index is 1.74. The summed E-state index contributed by atoms with van der Waals surface area (Å²) in [6.45, 7) is 2.29. The minimum absolute atomic E-state index is 0.0193. The summed E-state index contributed by atoms with van der Waals surface area (Å²) >= 11 is 0. The zero-order chi connectivity index (χ0) is 20.8. The third-order valence-electron chi connectivity index (χ3n) is 4.15. The molecule has 0 bridgehead atoms. The van der Waals surface area contributed by atoms with Gasteiger partial charge in [0.05, 0.1) is 12.2 Å². The van der Waals surface area contributed by atoms with Crippen LogP contribution in [0.3, 0.4) is 0 Å². The third kappa shape index (κ3) is 3.77.